The fourth-order valence-electron chi connectivity index (χ4n) is 2.93. The summed E-state index contributed by atoms with van der Waals surface area (Å²) in [5.41, 5.74) is 2.91. The number of anilines is 1. The average Bonchev–Trinajstić information content (AvgIpc) is 3.16. The number of carbonyl (C=O) groups excluding carboxylic acids is 2. The van der Waals surface area contributed by atoms with Crippen LogP contribution in [0.2, 0.25) is 0 Å². The second-order valence-electron chi connectivity index (χ2n) is 6.06. The van der Waals surface area contributed by atoms with Crippen LogP contribution in [0.4, 0.5) is 5.00 Å². The van der Waals surface area contributed by atoms with Crippen molar-refractivity contribution >= 4 is 34.0 Å². The molecule has 1 N–H and O–H groups in total. The molecule has 0 aliphatic rings. The zero-order valence-corrected chi connectivity index (χ0v) is 16.7. The van der Waals surface area contributed by atoms with Crippen molar-refractivity contribution in [1.29, 1.82) is 0 Å². The monoisotopic (exact) mass is 387 g/mol. The maximum absolute atomic E-state index is 12.7. The van der Waals surface area contributed by atoms with Crippen LogP contribution in [0.1, 0.15) is 56.7 Å². The van der Waals surface area contributed by atoms with E-state index in [1.165, 1.54) is 15.9 Å². The largest absolute Gasteiger partial charge is 0.462 e. The van der Waals surface area contributed by atoms with E-state index in [0.717, 1.165) is 21.8 Å². The third-order valence-corrected chi connectivity index (χ3v) is 5.15. The maximum Gasteiger partial charge on any atom is 0.341 e. The molecule has 0 spiro atoms. The van der Waals surface area contributed by atoms with Crippen molar-refractivity contribution in [3.05, 3.63) is 39.3 Å². The van der Waals surface area contributed by atoms with Crippen molar-refractivity contribution in [2.75, 3.05) is 11.9 Å². The highest BCUT2D eigenvalue weighted by molar-refractivity contribution is 7.16. The van der Waals surface area contributed by atoms with Gasteiger partial charge in [0.2, 0.25) is 5.82 Å². The molecular weight excluding hydrogens is 366 g/mol. The van der Waals surface area contributed by atoms with E-state index < -0.39 is 11.9 Å². The minimum Gasteiger partial charge on any atom is -0.462 e. The summed E-state index contributed by atoms with van der Waals surface area (Å²) < 4.78 is 6.68. The Labute approximate surface area is 160 Å². The van der Waals surface area contributed by atoms with Gasteiger partial charge in [0.1, 0.15) is 5.00 Å². The third-order valence-electron chi connectivity index (χ3n) is 4.09. The van der Waals surface area contributed by atoms with Gasteiger partial charge in [-0.2, -0.15) is 4.98 Å². The number of thiophene rings is 1. The number of fused-ring (bicyclic) bond motifs is 1. The van der Waals surface area contributed by atoms with Gasteiger partial charge in [-0.15, -0.1) is 16.4 Å². The minimum absolute atomic E-state index is 0.00453. The lowest BCUT2D eigenvalue weighted by molar-refractivity contribution is 0.0527. The summed E-state index contributed by atoms with van der Waals surface area (Å²) in [6, 6.07) is 1.86. The van der Waals surface area contributed by atoms with E-state index in [-0.39, 0.29) is 12.4 Å². The quantitative estimate of drug-likeness (QED) is 0.676. The molecule has 0 atom stereocenters. The first-order chi connectivity index (χ1) is 12.8. The number of carbonyl (C=O) groups is 2. The van der Waals surface area contributed by atoms with Gasteiger partial charge in [-0.3, -0.25) is 4.79 Å². The van der Waals surface area contributed by atoms with Crippen LogP contribution in [0.25, 0.3) is 5.78 Å². The summed E-state index contributed by atoms with van der Waals surface area (Å²) in [7, 11) is 0. The summed E-state index contributed by atoms with van der Waals surface area (Å²) >= 11 is 1.34. The number of esters is 1. The molecule has 3 aromatic heterocycles. The summed E-state index contributed by atoms with van der Waals surface area (Å²) in [5.74, 6) is -0.577. The number of rotatable bonds is 5. The number of nitrogens with zero attached hydrogens (tertiary/aromatic N) is 4. The number of aromatic nitrogens is 4. The molecule has 0 aromatic carbocycles. The standard InChI is InChI=1S/C18H21N5O3S/c1-6-12-11(5)27-16(13(12)17(25)26-7-2)21-15(24)14-20-18-19-9(3)8-10(4)23(18)22-14/h8H,6-7H2,1-5H3,(H,21,24). The molecule has 3 aromatic rings. The first-order valence-corrected chi connectivity index (χ1v) is 9.49. The normalized spacial score (nSPS) is 11.0. The molecule has 0 saturated carbocycles. The first kappa shape index (κ1) is 19.0. The minimum atomic E-state index is -0.494. The third kappa shape index (κ3) is 3.55. The molecular formula is C18H21N5O3S. The van der Waals surface area contributed by atoms with Crippen LogP contribution in [-0.4, -0.2) is 38.1 Å². The Morgan fingerprint density at radius 3 is 2.63 bits per heavy atom. The van der Waals surface area contributed by atoms with E-state index in [1.807, 2.05) is 33.8 Å². The highest BCUT2D eigenvalue weighted by atomic mass is 32.1. The van der Waals surface area contributed by atoms with Crippen LogP contribution in [0.15, 0.2) is 6.07 Å². The zero-order valence-electron chi connectivity index (χ0n) is 15.9. The second-order valence-corrected chi connectivity index (χ2v) is 7.28. The lowest BCUT2D eigenvalue weighted by Crippen LogP contribution is -2.16. The predicted molar refractivity (Wildman–Crippen MR) is 103 cm³/mol. The Hall–Kier alpha value is -2.81. The maximum atomic E-state index is 12.7. The number of hydrogen-bond donors (Lipinski definition) is 1. The molecule has 8 nitrogen and oxygen atoms in total. The smallest absolute Gasteiger partial charge is 0.341 e. The van der Waals surface area contributed by atoms with Crippen LogP contribution in [0.3, 0.4) is 0 Å². The summed E-state index contributed by atoms with van der Waals surface area (Å²) in [6.07, 6.45) is 0.668. The van der Waals surface area contributed by atoms with Crippen molar-refractivity contribution in [2.45, 2.75) is 41.0 Å². The van der Waals surface area contributed by atoms with Crippen LogP contribution in [0, 0.1) is 20.8 Å². The molecule has 0 saturated heterocycles. The van der Waals surface area contributed by atoms with E-state index in [0.29, 0.717) is 22.8 Å². The Kier molecular flexibility index (Phi) is 5.22. The predicted octanol–water partition coefficient (Wildman–Crippen LogP) is 3.10. The summed E-state index contributed by atoms with van der Waals surface area (Å²) in [4.78, 5) is 34.5. The molecule has 27 heavy (non-hydrogen) atoms. The van der Waals surface area contributed by atoms with Crippen molar-refractivity contribution in [3.8, 4) is 0 Å². The van der Waals surface area contributed by atoms with E-state index >= 15 is 0 Å². The fourth-order valence-corrected chi connectivity index (χ4v) is 4.06. The Morgan fingerprint density at radius 2 is 1.96 bits per heavy atom. The fraction of sp³-hybridized carbons (Fsp3) is 0.389. The Bertz CT molecular complexity index is 1040. The van der Waals surface area contributed by atoms with Gasteiger partial charge in [0, 0.05) is 16.3 Å². The molecule has 3 rings (SSSR count). The topological polar surface area (TPSA) is 98.5 Å². The van der Waals surface area contributed by atoms with Gasteiger partial charge in [0.15, 0.2) is 0 Å². The number of amides is 1. The van der Waals surface area contributed by atoms with Crippen LogP contribution in [-0.2, 0) is 11.2 Å². The number of hydrogen-bond acceptors (Lipinski definition) is 7. The molecule has 142 valence electrons. The van der Waals surface area contributed by atoms with Gasteiger partial charge in [-0.1, -0.05) is 6.92 Å². The summed E-state index contributed by atoms with van der Waals surface area (Å²) in [6.45, 7) is 9.62. The molecule has 9 heteroatoms. The van der Waals surface area contributed by atoms with Crippen LogP contribution < -0.4 is 5.32 Å². The molecule has 0 unspecified atom stereocenters. The van der Waals surface area contributed by atoms with Gasteiger partial charge in [0.25, 0.3) is 11.7 Å². The van der Waals surface area contributed by atoms with Crippen molar-refractivity contribution in [3.63, 3.8) is 0 Å². The van der Waals surface area contributed by atoms with Crippen LogP contribution >= 0.6 is 11.3 Å². The van der Waals surface area contributed by atoms with Gasteiger partial charge in [-0.25, -0.2) is 14.3 Å². The van der Waals surface area contributed by atoms with E-state index in [4.69, 9.17) is 4.74 Å². The van der Waals surface area contributed by atoms with E-state index in [2.05, 4.69) is 20.4 Å². The van der Waals surface area contributed by atoms with Crippen LogP contribution in [0.5, 0.6) is 0 Å². The molecule has 0 radical (unpaired) electrons. The number of nitrogens with one attached hydrogen (secondary N) is 1. The lowest BCUT2D eigenvalue weighted by Gasteiger charge is -2.06. The van der Waals surface area contributed by atoms with Gasteiger partial charge in [0.05, 0.1) is 12.2 Å². The number of aryl methyl sites for hydroxylation is 3. The van der Waals surface area contributed by atoms with Crippen molar-refractivity contribution < 1.29 is 14.3 Å². The molecule has 3 heterocycles. The highest BCUT2D eigenvalue weighted by Crippen LogP contribution is 2.34. The average molecular weight is 387 g/mol. The molecule has 1 amide bonds. The molecule has 0 fully saturated rings. The second kappa shape index (κ2) is 7.43. The summed E-state index contributed by atoms with van der Waals surface area (Å²) in [5, 5.41) is 7.45. The van der Waals surface area contributed by atoms with Gasteiger partial charge >= 0.3 is 5.97 Å². The van der Waals surface area contributed by atoms with E-state index in [1.54, 1.807) is 6.92 Å². The Morgan fingerprint density at radius 1 is 1.22 bits per heavy atom. The molecule has 0 aliphatic heterocycles. The van der Waals surface area contributed by atoms with Gasteiger partial charge < -0.3 is 10.1 Å². The molecule has 0 bridgehead atoms. The highest BCUT2D eigenvalue weighted by Gasteiger charge is 2.25. The first-order valence-electron chi connectivity index (χ1n) is 8.67. The Balaban J connectivity index is 1.97. The van der Waals surface area contributed by atoms with Crippen molar-refractivity contribution in [1.82, 2.24) is 19.6 Å². The van der Waals surface area contributed by atoms with Crippen molar-refractivity contribution in [2.24, 2.45) is 0 Å². The lowest BCUT2D eigenvalue weighted by atomic mass is 10.1. The van der Waals surface area contributed by atoms with E-state index in [9.17, 15) is 9.59 Å². The number of ether oxygens (including phenoxy) is 1. The molecule has 0 aliphatic carbocycles. The van der Waals surface area contributed by atoms with Gasteiger partial charge in [-0.05, 0) is 45.7 Å². The zero-order chi connectivity index (χ0) is 19.7. The SMILES string of the molecule is CCOC(=O)c1c(NC(=O)c2nc3nc(C)cc(C)n3n2)sc(C)c1CC.